The molecule has 0 bridgehead atoms. The molecule has 0 saturated carbocycles. The molecule has 0 fully saturated rings. The molecule has 0 aliphatic rings. The molecule has 18 heavy (non-hydrogen) atoms. The summed E-state index contributed by atoms with van der Waals surface area (Å²) in [5.41, 5.74) is 0.0106. The summed E-state index contributed by atoms with van der Waals surface area (Å²) >= 11 is 0. The van der Waals surface area contributed by atoms with Crippen LogP contribution in [0.5, 0.6) is 0 Å². The zero-order chi connectivity index (χ0) is 13.7. The Bertz CT molecular complexity index is 508. The van der Waals surface area contributed by atoms with Crippen molar-refractivity contribution in [2.45, 2.75) is 13.0 Å². The number of methoxy groups -OCH3 is 1. The third-order valence-electron chi connectivity index (χ3n) is 2.24. The number of H-pyrrole nitrogens is 1. The first-order chi connectivity index (χ1) is 8.45. The van der Waals surface area contributed by atoms with Gasteiger partial charge in [0.2, 0.25) is 0 Å². The smallest absolute Gasteiger partial charge is 0.328 e. The Morgan fingerprint density at radius 3 is 2.72 bits per heavy atom. The molecule has 0 spiro atoms. The van der Waals surface area contributed by atoms with Crippen LogP contribution in [-0.2, 0) is 9.53 Å². The molecule has 1 unspecified atom stereocenters. The van der Waals surface area contributed by atoms with Gasteiger partial charge in [0, 0.05) is 25.1 Å². The van der Waals surface area contributed by atoms with Crippen molar-refractivity contribution in [2.24, 2.45) is 0 Å². The van der Waals surface area contributed by atoms with E-state index in [2.05, 4.69) is 15.0 Å². The average molecular weight is 254 g/mol. The first-order valence-electron chi connectivity index (χ1n) is 5.17. The number of hydrogen-bond acceptors (Lipinski definition) is 4. The number of carboxylic acid groups (broad SMARTS) is 1. The minimum absolute atomic E-state index is 0.136. The van der Waals surface area contributed by atoms with Crippen LogP contribution in [-0.4, -0.2) is 41.7 Å². The molecule has 7 heteroatoms. The molecule has 98 valence electrons. The lowest BCUT2D eigenvalue weighted by molar-refractivity contribution is -0.140. The van der Waals surface area contributed by atoms with Crippen molar-refractivity contribution >= 4 is 11.9 Å². The maximum atomic E-state index is 11.7. The molecular weight excluding hydrogens is 240 g/mol. The Balaban J connectivity index is 2.87. The molecule has 7 nitrogen and oxygen atoms in total. The van der Waals surface area contributed by atoms with Crippen molar-refractivity contribution in [3.63, 3.8) is 0 Å². The molecule has 1 atom stereocenters. The minimum atomic E-state index is -1.23. The summed E-state index contributed by atoms with van der Waals surface area (Å²) in [6.45, 7) is 1.50. The van der Waals surface area contributed by atoms with Gasteiger partial charge >= 0.3 is 5.97 Å². The molecule has 0 aromatic carbocycles. The summed E-state index contributed by atoms with van der Waals surface area (Å²) < 4.78 is 4.67. The summed E-state index contributed by atoms with van der Waals surface area (Å²) in [5.74, 6) is -1.98. The average Bonchev–Trinajstić information content (AvgIpc) is 2.27. The van der Waals surface area contributed by atoms with Gasteiger partial charge in [-0.05, 0) is 6.92 Å². The van der Waals surface area contributed by atoms with Gasteiger partial charge in [-0.2, -0.15) is 0 Å². The number of amides is 1. The molecule has 3 N–H and O–H groups in total. The number of carboxylic acids is 1. The lowest BCUT2D eigenvalue weighted by Crippen LogP contribution is -2.45. The highest BCUT2D eigenvalue weighted by Crippen LogP contribution is 1.94. The summed E-state index contributed by atoms with van der Waals surface area (Å²) in [6, 6.07) is 0.0734. The van der Waals surface area contributed by atoms with Gasteiger partial charge in [0.25, 0.3) is 5.91 Å². The van der Waals surface area contributed by atoms with Gasteiger partial charge in [-0.25, -0.2) is 4.79 Å². The van der Waals surface area contributed by atoms with Gasteiger partial charge < -0.3 is 20.1 Å². The Hall–Kier alpha value is -2.15. The van der Waals surface area contributed by atoms with Gasteiger partial charge in [0.05, 0.1) is 6.61 Å². The number of aromatic amines is 1. The third kappa shape index (κ3) is 3.42. The SMILES string of the molecule is COCC(NC(=O)c1c[nH]c(C)cc1=O)C(=O)O. The lowest BCUT2D eigenvalue weighted by atomic mass is 10.2. The highest BCUT2D eigenvalue weighted by Gasteiger charge is 2.21. The molecule has 1 aromatic rings. The van der Waals surface area contributed by atoms with Crippen LogP contribution in [0.15, 0.2) is 17.1 Å². The lowest BCUT2D eigenvalue weighted by Gasteiger charge is -2.13. The van der Waals surface area contributed by atoms with Crippen molar-refractivity contribution in [3.05, 3.63) is 33.7 Å². The molecule has 0 aliphatic carbocycles. The number of aliphatic carboxylic acids is 1. The largest absolute Gasteiger partial charge is 0.480 e. The second-order valence-corrected chi connectivity index (χ2v) is 3.71. The number of aryl methyl sites for hydroxylation is 1. The van der Waals surface area contributed by atoms with Crippen LogP contribution >= 0.6 is 0 Å². The number of ether oxygens (including phenoxy) is 1. The van der Waals surface area contributed by atoms with Crippen molar-refractivity contribution in [1.29, 1.82) is 0 Å². The number of aromatic nitrogens is 1. The van der Waals surface area contributed by atoms with Crippen molar-refractivity contribution in [1.82, 2.24) is 10.3 Å². The normalized spacial score (nSPS) is 11.9. The molecule has 0 saturated heterocycles. The number of pyridine rings is 1. The predicted octanol–water partition coefficient (Wildman–Crippen LogP) is -0.487. The zero-order valence-corrected chi connectivity index (χ0v) is 10.0. The minimum Gasteiger partial charge on any atom is -0.480 e. The summed E-state index contributed by atoms with van der Waals surface area (Å²) in [7, 11) is 1.32. The maximum Gasteiger partial charge on any atom is 0.328 e. The van der Waals surface area contributed by atoms with Crippen molar-refractivity contribution in [3.8, 4) is 0 Å². The van der Waals surface area contributed by atoms with E-state index in [9.17, 15) is 14.4 Å². The standard InChI is InChI=1S/C11H14N2O5/c1-6-3-9(14)7(4-12-6)10(15)13-8(5-18-2)11(16)17/h3-4,8H,5H2,1-2H3,(H,12,14)(H,13,15)(H,16,17). The third-order valence-corrected chi connectivity index (χ3v) is 2.24. The van der Waals surface area contributed by atoms with E-state index < -0.39 is 23.3 Å². The Morgan fingerprint density at radius 1 is 1.56 bits per heavy atom. The molecular formula is C11H14N2O5. The van der Waals surface area contributed by atoms with Crippen LogP contribution in [0, 0.1) is 6.92 Å². The van der Waals surface area contributed by atoms with Gasteiger partial charge in [-0.15, -0.1) is 0 Å². The van der Waals surface area contributed by atoms with E-state index in [4.69, 9.17) is 5.11 Å². The molecule has 1 amide bonds. The van der Waals surface area contributed by atoms with Crippen LogP contribution in [0.25, 0.3) is 0 Å². The van der Waals surface area contributed by atoms with Crippen molar-refractivity contribution in [2.75, 3.05) is 13.7 Å². The number of carbonyl (C=O) groups excluding carboxylic acids is 1. The Morgan fingerprint density at radius 2 is 2.22 bits per heavy atom. The highest BCUT2D eigenvalue weighted by molar-refractivity contribution is 5.96. The van der Waals surface area contributed by atoms with Crippen LogP contribution < -0.4 is 10.7 Å². The Kier molecular flexibility index (Phi) is 4.61. The quantitative estimate of drug-likeness (QED) is 0.657. The van der Waals surface area contributed by atoms with E-state index in [1.807, 2.05) is 0 Å². The topological polar surface area (TPSA) is 108 Å². The summed E-state index contributed by atoms with van der Waals surface area (Å²) in [6.07, 6.45) is 1.25. The molecule has 1 heterocycles. The summed E-state index contributed by atoms with van der Waals surface area (Å²) in [4.78, 5) is 36.8. The fraction of sp³-hybridized carbons (Fsp3) is 0.364. The van der Waals surface area contributed by atoms with Crippen LogP contribution in [0.3, 0.4) is 0 Å². The number of nitrogens with one attached hydrogen (secondary N) is 2. The number of carbonyl (C=O) groups is 2. The fourth-order valence-corrected chi connectivity index (χ4v) is 1.33. The molecule has 1 aromatic heterocycles. The maximum absolute atomic E-state index is 11.7. The molecule has 0 radical (unpaired) electrons. The highest BCUT2D eigenvalue weighted by atomic mass is 16.5. The van der Waals surface area contributed by atoms with E-state index in [1.54, 1.807) is 6.92 Å². The van der Waals surface area contributed by atoms with Gasteiger partial charge in [-0.1, -0.05) is 0 Å². The van der Waals surface area contributed by atoms with Crippen LogP contribution in [0.1, 0.15) is 16.1 Å². The van der Waals surface area contributed by atoms with E-state index in [0.717, 1.165) is 0 Å². The van der Waals surface area contributed by atoms with Gasteiger partial charge in [-0.3, -0.25) is 9.59 Å². The van der Waals surface area contributed by atoms with Gasteiger partial charge in [0.15, 0.2) is 11.5 Å². The molecule has 0 aliphatic heterocycles. The first kappa shape index (κ1) is 13.9. The summed E-state index contributed by atoms with van der Waals surface area (Å²) in [5, 5.41) is 11.0. The van der Waals surface area contributed by atoms with E-state index in [-0.39, 0.29) is 12.2 Å². The van der Waals surface area contributed by atoms with Crippen LogP contribution in [0.4, 0.5) is 0 Å². The molecule has 1 rings (SSSR count). The van der Waals surface area contributed by atoms with E-state index in [1.165, 1.54) is 19.4 Å². The van der Waals surface area contributed by atoms with Crippen molar-refractivity contribution < 1.29 is 19.4 Å². The van der Waals surface area contributed by atoms with Gasteiger partial charge in [0.1, 0.15) is 5.56 Å². The second kappa shape index (κ2) is 5.97. The first-order valence-corrected chi connectivity index (χ1v) is 5.17. The Labute approximate surface area is 103 Å². The van der Waals surface area contributed by atoms with Crippen LogP contribution in [0.2, 0.25) is 0 Å². The van der Waals surface area contributed by atoms with E-state index in [0.29, 0.717) is 5.69 Å². The predicted molar refractivity (Wildman–Crippen MR) is 62.6 cm³/mol. The number of hydrogen-bond donors (Lipinski definition) is 3. The monoisotopic (exact) mass is 254 g/mol. The second-order valence-electron chi connectivity index (χ2n) is 3.71. The number of rotatable bonds is 5. The van der Waals surface area contributed by atoms with E-state index >= 15 is 0 Å². The fourth-order valence-electron chi connectivity index (χ4n) is 1.33. The zero-order valence-electron chi connectivity index (χ0n) is 10.0.